The molecule has 0 aliphatic carbocycles. The van der Waals surface area contributed by atoms with Crippen molar-refractivity contribution in [2.75, 3.05) is 6.54 Å². The van der Waals surface area contributed by atoms with Crippen molar-refractivity contribution in [1.82, 2.24) is 15.1 Å². The molecule has 0 bridgehead atoms. The van der Waals surface area contributed by atoms with Crippen LogP contribution < -0.4 is 5.32 Å². The highest BCUT2D eigenvalue weighted by Gasteiger charge is 2.04. The van der Waals surface area contributed by atoms with Crippen LogP contribution in [-0.2, 0) is 13.1 Å². The zero-order chi connectivity index (χ0) is 9.68. The standard InChI is InChI=1S/C10H19N3/c1-4-6-11-8-10-9(3)7-12-13(10)5-2/h7,11H,4-6,8H2,1-3H3. The summed E-state index contributed by atoms with van der Waals surface area (Å²) < 4.78 is 2.05. The number of aromatic nitrogens is 2. The quantitative estimate of drug-likeness (QED) is 0.701. The summed E-state index contributed by atoms with van der Waals surface area (Å²) in [5.74, 6) is 0. The van der Waals surface area contributed by atoms with E-state index in [9.17, 15) is 0 Å². The molecule has 0 atom stereocenters. The first-order valence-electron chi connectivity index (χ1n) is 5.01. The van der Waals surface area contributed by atoms with Crippen LogP contribution in [0.5, 0.6) is 0 Å². The van der Waals surface area contributed by atoms with Gasteiger partial charge in [0.25, 0.3) is 0 Å². The maximum Gasteiger partial charge on any atom is 0.0551 e. The van der Waals surface area contributed by atoms with Crippen LogP contribution in [0.2, 0.25) is 0 Å². The molecule has 1 aromatic heterocycles. The van der Waals surface area contributed by atoms with Crippen LogP contribution in [0, 0.1) is 6.92 Å². The molecule has 1 heterocycles. The summed E-state index contributed by atoms with van der Waals surface area (Å²) in [5.41, 5.74) is 2.60. The zero-order valence-electron chi connectivity index (χ0n) is 8.80. The van der Waals surface area contributed by atoms with Crippen molar-refractivity contribution in [3.63, 3.8) is 0 Å². The van der Waals surface area contributed by atoms with Gasteiger partial charge in [-0.05, 0) is 32.4 Å². The summed E-state index contributed by atoms with van der Waals surface area (Å²) >= 11 is 0. The lowest BCUT2D eigenvalue weighted by Gasteiger charge is -2.06. The minimum absolute atomic E-state index is 0.938. The summed E-state index contributed by atoms with van der Waals surface area (Å²) in [5, 5.41) is 7.68. The molecule has 0 saturated carbocycles. The van der Waals surface area contributed by atoms with Crippen molar-refractivity contribution in [2.45, 2.75) is 40.3 Å². The van der Waals surface area contributed by atoms with Crippen LogP contribution >= 0.6 is 0 Å². The Morgan fingerprint density at radius 2 is 2.23 bits per heavy atom. The Balaban J connectivity index is 2.57. The Kier molecular flexibility index (Phi) is 3.96. The lowest BCUT2D eigenvalue weighted by atomic mass is 10.2. The van der Waals surface area contributed by atoms with E-state index in [0.717, 1.165) is 19.6 Å². The molecular weight excluding hydrogens is 162 g/mol. The van der Waals surface area contributed by atoms with Gasteiger partial charge in [-0.15, -0.1) is 0 Å². The molecule has 1 rings (SSSR count). The first kappa shape index (κ1) is 10.3. The van der Waals surface area contributed by atoms with E-state index < -0.39 is 0 Å². The summed E-state index contributed by atoms with van der Waals surface area (Å²) in [7, 11) is 0. The van der Waals surface area contributed by atoms with Crippen molar-refractivity contribution < 1.29 is 0 Å². The monoisotopic (exact) mass is 181 g/mol. The van der Waals surface area contributed by atoms with Gasteiger partial charge in [0, 0.05) is 13.1 Å². The molecular formula is C10H19N3. The molecule has 0 amide bonds. The SMILES string of the molecule is CCCNCc1c(C)cnn1CC. The Labute approximate surface area is 80.1 Å². The van der Waals surface area contributed by atoms with E-state index in [1.807, 2.05) is 6.20 Å². The van der Waals surface area contributed by atoms with Gasteiger partial charge in [-0.2, -0.15) is 5.10 Å². The normalized spacial score (nSPS) is 10.7. The summed E-state index contributed by atoms with van der Waals surface area (Å²) in [6, 6.07) is 0. The topological polar surface area (TPSA) is 29.9 Å². The molecule has 0 spiro atoms. The van der Waals surface area contributed by atoms with E-state index in [4.69, 9.17) is 0 Å². The molecule has 0 aliphatic heterocycles. The summed E-state index contributed by atoms with van der Waals surface area (Å²) in [6.45, 7) is 9.38. The lowest BCUT2D eigenvalue weighted by Crippen LogP contribution is -2.17. The molecule has 0 aliphatic rings. The van der Waals surface area contributed by atoms with Gasteiger partial charge in [-0.3, -0.25) is 4.68 Å². The van der Waals surface area contributed by atoms with E-state index in [-0.39, 0.29) is 0 Å². The molecule has 3 nitrogen and oxygen atoms in total. The Morgan fingerprint density at radius 1 is 1.46 bits per heavy atom. The fourth-order valence-electron chi connectivity index (χ4n) is 1.39. The number of hydrogen-bond acceptors (Lipinski definition) is 2. The van der Waals surface area contributed by atoms with Gasteiger partial charge in [0.2, 0.25) is 0 Å². The Hall–Kier alpha value is -0.830. The smallest absolute Gasteiger partial charge is 0.0551 e. The van der Waals surface area contributed by atoms with Crippen molar-refractivity contribution in [2.24, 2.45) is 0 Å². The summed E-state index contributed by atoms with van der Waals surface area (Å²) in [4.78, 5) is 0. The largest absolute Gasteiger partial charge is 0.311 e. The van der Waals surface area contributed by atoms with E-state index in [1.165, 1.54) is 17.7 Å². The Bertz CT molecular complexity index is 253. The molecule has 1 N–H and O–H groups in total. The maximum absolute atomic E-state index is 4.29. The predicted octanol–water partition coefficient (Wildman–Crippen LogP) is 1.71. The first-order valence-corrected chi connectivity index (χ1v) is 5.01. The Morgan fingerprint density at radius 3 is 2.85 bits per heavy atom. The highest BCUT2D eigenvalue weighted by Crippen LogP contribution is 2.06. The molecule has 74 valence electrons. The van der Waals surface area contributed by atoms with Crippen molar-refractivity contribution in [1.29, 1.82) is 0 Å². The molecule has 1 aromatic rings. The third-order valence-electron chi connectivity index (χ3n) is 2.18. The van der Waals surface area contributed by atoms with Gasteiger partial charge < -0.3 is 5.32 Å². The first-order chi connectivity index (χ1) is 6.29. The average Bonchev–Trinajstić information content (AvgIpc) is 2.48. The van der Waals surface area contributed by atoms with E-state index >= 15 is 0 Å². The minimum atomic E-state index is 0.938. The molecule has 0 radical (unpaired) electrons. The molecule has 0 saturated heterocycles. The average molecular weight is 181 g/mol. The van der Waals surface area contributed by atoms with Gasteiger partial charge in [-0.25, -0.2) is 0 Å². The number of aryl methyl sites for hydroxylation is 2. The van der Waals surface area contributed by atoms with Crippen LogP contribution in [-0.4, -0.2) is 16.3 Å². The molecule has 0 unspecified atom stereocenters. The van der Waals surface area contributed by atoms with Gasteiger partial charge >= 0.3 is 0 Å². The summed E-state index contributed by atoms with van der Waals surface area (Å²) in [6.07, 6.45) is 3.12. The van der Waals surface area contributed by atoms with Crippen molar-refractivity contribution in [3.8, 4) is 0 Å². The third kappa shape index (κ3) is 2.56. The van der Waals surface area contributed by atoms with Crippen molar-refractivity contribution >= 4 is 0 Å². The maximum atomic E-state index is 4.29. The van der Waals surface area contributed by atoms with Crippen LogP contribution in [0.15, 0.2) is 6.20 Å². The second-order valence-corrected chi connectivity index (χ2v) is 3.27. The van der Waals surface area contributed by atoms with E-state index in [1.54, 1.807) is 0 Å². The molecule has 3 heteroatoms. The second-order valence-electron chi connectivity index (χ2n) is 3.27. The highest BCUT2D eigenvalue weighted by atomic mass is 15.3. The third-order valence-corrected chi connectivity index (χ3v) is 2.18. The molecule has 0 aromatic carbocycles. The number of rotatable bonds is 5. The van der Waals surface area contributed by atoms with E-state index in [0.29, 0.717) is 0 Å². The lowest BCUT2D eigenvalue weighted by molar-refractivity contribution is 0.578. The van der Waals surface area contributed by atoms with Crippen LogP contribution in [0.4, 0.5) is 0 Å². The second kappa shape index (κ2) is 5.02. The predicted molar refractivity (Wildman–Crippen MR) is 54.6 cm³/mol. The van der Waals surface area contributed by atoms with Crippen LogP contribution in [0.1, 0.15) is 31.5 Å². The number of nitrogens with one attached hydrogen (secondary N) is 1. The van der Waals surface area contributed by atoms with Crippen molar-refractivity contribution in [3.05, 3.63) is 17.5 Å². The van der Waals surface area contributed by atoms with Crippen LogP contribution in [0.25, 0.3) is 0 Å². The van der Waals surface area contributed by atoms with Gasteiger partial charge in [0.1, 0.15) is 0 Å². The number of hydrogen-bond donors (Lipinski definition) is 1. The fourth-order valence-corrected chi connectivity index (χ4v) is 1.39. The van der Waals surface area contributed by atoms with Gasteiger partial charge in [0.15, 0.2) is 0 Å². The van der Waals surface area contributed by atoms with Gasteiger partial charge in [-0.1, -0.05) is 6.92 Å². The van der Waals surface area contributed by atoms with E-state index in [2.05, 4.69) is 35.9 Å². The highest BCUT2D eigenvalue weighted by molar-refractivity contribution is 5.15. The zero-order valence-corrected chi connectivity index (χ0v) is 8.80. The van der Waals surface area contributed by atoms with Gasteiger partial charge in [0.05, 0.1) is 11.9 Å². The minimum Gasteiger partial charge on any atom is -0.311 e. The van der Waals surface area contributed by atoms with Crippen LogP contribution in [0.3, 0.4) is 0 Å². The molecule has 13 heavy (non-hydrogen) atoms. The number of nitrogens with zero attached hydrogens (tertiary/aromatic N) is 2. The fraction of sp³-hybridized carbons (Fsp3) is 0.700. The molecule has 0 fully saturated rings.